The van der Waals surface area contributed by atoms with E-state index in [9.17, 15) is 9.90 Å². The van der Waals surface area contributed by atoms with E-state index in [2.05, 4.69) is 14.8 Å². The summed E-state index contributed by atoms with van der Waals surface area (Å²) < 4.78 is 11.3. The van der Waals surface area contributed by atoms with E-state index in [0.29, 0.717) is 37.3 Å². The molecule has 1 unspecified atom stereocenters. The maximum Gasteiger partial charge on any atom is 0.275 e. The number of hydrogen-bond donors (Lipinski definition) is 1. The van der Waals surface area contributed by atoms with Gasteiger partial charge in [-0.05, 0) is 33.6 Å². The first-order chi connectivity index (χ1) is 14.7. The zero-order chi connectivity index (χ0) is 22.4. The highest BCUT2D eigenvalue weighted by atomic mass is 16.5. The Kier molecular flexibility index (Phi) is 8.50. The average Bonchev–Trinajstić information content (AvgIpc) is 3.21. The third kappa shape index (κ3) is 7.56. The average molecular weight is 437 g/mol. The summed E-state index contributed by atoms with van der Waals surface area (Å²) in [5, 5.41) is 10.2. The lowest BCUT2D eigenvalue weighted by molar-refractivity contribution is -0.0588. The van der Waals surface area contributed by atoms with E-state index in [1.54, 1.807) is 0 Å². The van der Waals surface area contributed by atoms with Crippen LogP contribution in [0.15, 0.2) is 10.7 Å². The predicted octanol–water partition coefficient (Wildman–Crippen LogP) is 2.37. The molecule has 1 aliphatic carbocycles. The Balaban J connectivity index is 1.41. The number of aliphatic hydroxyl groups excluding tert-OH is 1. The first kappa shape index (κ1) is 24.2. The van der Waals surface area contributed by atoms with Crippen molar-refractivity contribution < 1.29 is 19.1 Å². The molecule has 1 N–H and O–H groups in total. The molecular formula is C23H40N4O4. The molecule has 3 rings (SSSR count). The van der Waals surface area contributed by atoms with Gasteiger partial charge in [-0.25, -0.2) is 4.98 Å². The number of nitrogens with zero attached hydrogens (tertiary/aromatic N) is 4. The monoisotopic (exact) mass is 436 g/mol. The Labute approximate surface area is 186 Å². The Morgan fingerprint density at radius 1 is 1.23 bits per heavy atom. The standard InChI is InChI=1S/C23H40N4O4/c1-23(2,3)31-16-19(28)14-26-10-12-27(13-11-26)15-21-24-20(17-30-21)22(29)25(4)18-8-6-5-7-9-18/h17-19,28H,5-16H2,1-4H3. The SMILES string of the molecule is CN(C(=O)c1coc(CN2CCN(CC(O)COC(C)(C)C)CC2)n1)C1CCCCC1. The van der Waals surface area contributed by atoms with Gasteiger partial charge in [0, 0.05) is 45.8 Å². The molecule has 2 aliphatic rings. The number of β-amino-alcohol motifs (C(OH)–C–C–N with tert-alkyl or cyclic N) is 1. The van der Waals surface area contributed by atoms with Crippen molar-refractivity contribution in [1.82, 2.24) is 19.7 Å². The summed E-state index contributed by atoms with van der Waals surface area (Å²) in [4.78, 5) is 23.6. The van der Waals surface area contributed by atoms with Crippen LogP contribution in [-0.2, 0) is 11.3 Å². The molecule has 0 radical (unpaired) electrons. The Bertz CT molecular complexity index is 688. The zero-order valence-corrected chi connectivity index (χ0v) is 19.7. The summed E-state index contributed by atoms with van der Waals surface area (Å²) in [5.41, 5.74) is 0.171. The van der Waals surface area contributed by atoms with Gasteiger partial charge in [0.2, 0.25) is 5.89 Å². The van der Waals surface area contributed by atoms with Crippen molar-refractivity contribution in [2.24, 2.45) is 0 Å². The number of rotatable bonds is 8. The Morgan fingerprint density at radius 2 is 1.87 bits per heavy atom. The summed E-state index contributed by atoms with van der Waals surface area (Å²) >= 11 is 0. The van der Waals surface area contributed by atoms with E-state index in [1.165, 1.54) is 25.5 Å². The van der Waals surface area contributed by atoms with E-state index < -0.39 is 6.10 Å². The van der Waals surface area contributed by atoms with Gasteiger partial charge in [-0.1, -0.05) is 19.3 Å². The van der Waals surface area contributed by atoms with Crippen LogP contribution in [0.4, 0.5) is 0 Å². The third-order valence-electron chi connectivity index (χ3n) is 6.22. The molecule has 1 saturated carbocycles. The molecular weight excluding hydrogens is 396 g/mol. The van der Waals surface area contributed by atoms with E-state index in [4.69, 9.17) is 9.15 Å². The number of aromatic nitrogens is 1. The second-order valence-electron chi connectivity index (χ2n) is 9.99. The molecule has 1 saturated heterocycles. The fourth-order valence-corrected chi connectivity index (χ4v) is 4.31. The van der Waals surface area contributed by atoms with Gasteiger partial charge in [0.05, 0.1) is 24.9 Å². The molecule has 2 heterocycles. The van der Waals surface area contributed by atoms with Crippen LogP contribution in [0.3, 0.4) is 0 Å². The van der Waals surface area contributed by atoms with Crippen LogP contribution in [0.5, 0.6) is 0 Å². The van der Waals surface area contributed by atoms with E-state index in [1.807, 2.05) is 32.7 Å². The summed E-state index contributed by atoms with van der Waals surface area (Å²) in [7, 11) is 1.88. The highest BCUT2D eigenvalue weighted by Gasteiger charge is 2.26. The fraction of sp³-hybridized carbons (Fsp3) is 0.826. The molecule has 8 heteroatoms. The smallest absolute Gasteiger partial charge is 0.275 e. The minimum Gasteiger partial charge on any atom is -0.447 e. The number of carbonyl (C=O) groups excluding carboxylic acids is 1. The number of ether oxygens (including phenoxy) is 1. The molecule has 1 atom stereocenters. The molecule has 1 amide bonds. The minimum atomic E-state index is -0.479. The van der Waals surface area contributed by atoms with Crippen molar-refractivity contribution in [3.05, 3.63) is 17.8 Å². The van der Waals surface area contributed by atoms with Crippen LogP contribution in [0, 0.1) is 0 Å². The van der Waals surface area contributed by atoms with Crippen LogP contribution in [0.2, 0.25) is 0 Å². The van der Waals surface area contributed by atoms with Gasteiger partial charge in [0.15, 0.2) is 5.69 Å². The van der Waals surface area contributed by atoms with Crippen LogP contribution in [0.25, 0.3) is 0 Å². The molecule has 176 valence electrons. The highest BCUT2D eigenvalue weighted by molar-refractivity contribution is 5.92. The van der Waals surface area contributed by atoms with E-state index in [-0.39, 0.29) is 11.5 Å². The van der Waals surface area contributed by atoms with Crippen molar-refractivity contribution in [1.29, 1.82) is 0 Å². The normalized spacial score (nSPS) is 20.7. The van der Waals surface area contributed by atoms with Crippen molar-refractivity contribution in [3.8, 4) is 0 Å². The lowest BCUT2D eigenvalue weighted by Gasteiger charge is -2.35. The van der Waals surface area contributed by atoms with Gasteiger partial charge >= 0.3 is 0 Å². The molecule has 0 bridgehead atoms. The molecule has 1 aromatic rings. The topological polar surface area (TPSA) is 82.3 Å². The maximum absolute atomic E-state index is 12.8. The first-order valence-corrected chi connectivity index (χ1v) is 11.7. The van der Waals surface area contributed by atoms with E-state index in [0.717, 1.165) is 39.0 Å². The maximum atomic E-state index is 12.8. The van der Waals surface area contributed by atoms with Crippen molar-refractivity contribution >= 4 is 5.91 Å². The first-order valence-electron chi connectivity index (χ1n) is 11.7. The van der Waals surface area contributed by atoms with Crippen LogP contribution in [-0.4, -0.2) is 94.8 Å². The van der Waals surface area contributed by atoms with Crippen LogP contribution in [0.1, 0.15) is 69.3 Å². The summed E-state index contributed by atoms with van der Waals surface area (Å²) in [6.07, 6.45) is 6.83. The van der Waals surface area contributed by atoms with Crippen LogP contribution >= 0.6 is 0 Å². The van der Waals surface area contributed by atoms with Gasteiger partial charge < -0.3 is 19.2 Å². The molecule has 2 fully saturated rings. The van der Waals surface area contributed by atoms with Gasteiger partial charge in [-0.15, -0.1) is 0 Å². The fourth-order valence-electron chi connectivity index (χ4n) is 4.31. The second-order valence-corrected chi connectivity index (χ2v) is 9.99. The molecule has 1 aromatic heterocycles. The van der Waals surface area contributed by atoms with Gasteiger partial charge in [0.1, 0.15) is 6.26 Å². The van der Waals surface area contributed by atoms with Gasteiger partial charge in [-0.3, -0.25) is 14.6 Å². The number of oxazole rings is 1. The number of carbonyl (C=O) groups is 1. The van der Waals surface area contributed by atoms with Crippen molar-refractivity contribution in [3.63, 3.8) is 0 Å². The second kappa shape index (κ2) is 10.9. The lowest BCUT2D eigenvalue weighted by atomic mass is 9.94. The zero-order valence-electron chi connectivity index (χ0n) is 19.7. The Hall–Kier alpha value is -1.48. The number of aliphatic hydroxyl groups is 1. The third-order valence-corrected chi connectivity index (χ3v) is 6.22. The van der Waals surface area contributed by atoms with E-state index >= 15 is 0 Å². The minimum absolute atomic E-state index is 0.0433. The number of hydrogen-bond acceptors (Lipinski definition) is 7. The molecule has 0 aromatic carbocycles. The molecule has 1 aliphatic heterocycles. The van der Waals surface area contributed by atoms with Gasteiger partial charge in [0.25, 0.3) is 5.91 Å². The quantitative estimate of drug-likeness (QED) is 0.670. The summed E-state index contributed by atoms with van der Waals surface area (Å²) in [6.45, 7) is 11.1. The summed E-state index contributed by atoms with van der Waals surface area (Å²) in [6, 6.07) is 0.318. The van der Waals surface area contributed by atoms with Crippen molar-refractivity contribution in [2.45, 2.75) is 77.2 Å². The van der Waals surface area contributed by atoms with Gasteiger partial charge in [-0.2, -0.15) is 0 Å². The molecule has 8 nitrogen and oxygen atoms in total. The largest absolute Gasteiger partial charge is 0.447 e. The van der Waals surface area contributed by atoms with Crippen molar-refractivity contribution in [2.75, 3.05) is 46.4 Å². The molecule has 0 spiro atoms. The lowest BCUT2D eigenvalue weighted by Crippen LogP contribution is -2.49. The number of piperazine rings is 1. The molecule has 31 heavy (non-hydrogen) atoms. The predicted molar refractivity (Wildman–Crippen MR) is 119 cm³/mol. The summed E-state index contributed by atoms with van der Waals surface area (Å²) in [5.74, 6) is 0.547. The Morgan fingerprint density at radius 3 is 2.52 bits per heavy atom. The number of amides is 1. The highest BCUT2D eigenvalue weighted by Crippen LogP contribution is 2.23. The van der Waals surface area contributed by atoms with Crippen LogP contribution < -0.4 is 0 Å².